The molecule has 0 unspecified atom stereocenters. The second kappa shape index (κ2) is 12.6. The molecule has 1 aliphatic rings. The number of aromatic nitrogens is 3. The van der Waals surface area contributed by atoms with Crippen LogP contribution in [0.25, 0.3) is 5.69 Å². The number of carbonyl (C=O) groups excluding carboxylic acids is 2. The number of hydrogen-bond acceptors (Lipinski definition) is 6. The third kappa shape index (κ3) is 8.00. The van der Waals surface area contributed by atoms with Crippen LogP contribution in [0.4, 0.5) is 42.5 Å². The maximum atomic E-state index is 13.6. The van der Waals surface area contributed by atoms with Gasteiger partial charge in [0.25, 0.3) is 0 Å². The lowest BCUT2D eigenvalue weighted by Crippen LogP contribution is -2.32. The zero-order valence-electron chi connectivity index (χ0n) is 23.2. The smallest absolute Gasteiger partial charge is 0.406 e. The van der Waals surface area contributed by atoms with Gasteiger partial charge in [0.05, 0.1) is 22.7 Å². The largest absolute Gasteiger partial charge is 0.573 e. The van der Waals surface area contributed by atoms with Gasteiger partial charge in [0.15, 0.2) is 11.0 Å². The minimum Gasteiger partial charge on any atom is -0.406 e. The summed E-state index contributed by atoms with van der Waals surface area (Å²) in [6, 6.07) is 14.5. The number of benzene rings is 3. The molecule has 0 bridgehead atoms. The Hall–Kier alpha value is -4.86. The van der Waals surface area contributed by atoms with Crippen molar-refractivity contribution in [3.05, 3.63) is 95.6 Å². The normalized spacial score (nSPS) is 14.7. The summed E-state index contributed by atoms with van der Waals surface area (Å²) in [7, 11) is 0. The first-order valence-corrected chi connectivity index (χ1v) is 14.1. The molecule has 1 aromatic heterocycles. The molecule has 9 nitrogen and oxygen atoms in total. The van der Waals surface area contributed by atoms with Gasteiger partial charge >= 0.3 is 18.6 Å². The number of carbonyl (C=O) groups is 2. The van der Waals surface area contributed by atoms with E-state index in [4.69, 9.17) is 0 Å². The Kier molecular flexibility index (Phi) is 8.86. The number of ether oxygens (including phenoxy) is 1. The second-order valence-electron chi connectivity index (χ2n) is 9.70. The van der Waals surface area contributed by atoms with Crippen molar-refractivity contribution in [3.8, 4) is 11.4 Å². The molecule has 5 rings (SSSR count). The summed E-state index contributed by atoms with van der Waals surface area (Å²) < 4.78 is 83.3. The van der Waals surface area contributed by atoms with Crippen LogP contribution in [-0.4, -0.2) is 44.0 Å². The molecular formula is C29H22F6N6O3S. The van der Waals surface area contributed by atoms with E-state index >= 15 is 0 Å². The van der Waals surface area contributed by atoms with Gasteiger partial charge in [-0.05, 0) is 73.0 Å². The number of nitrogens with zero attached hydrogens (tertiary/aromatic N) is 5. The van der Waals surface area contributed by atoms with Crippen molar-refractivity contribution >= 4 is 40.2 Å². The van der Waals surface area contributed by atoms with Crippen LogP contribution in [-0.2, 0) is 23.8 Å². The molecule has 0 radical (unpaired) electrons. The van der Waals surface area contributed by atoms with E-state index in [0.29, 0.717) is 35.6 Å². The van der Waals surface area contributed by atoms with Crippen molar-refractivity contribution < 1.29 is 40.7 Å². The Morgan fingerprint density at radius 2 is 1.71 bits per heavy atom. The average molecular weight is 649 g/mol. The molecule has 0 spiro atoms. The van der Waals surface area contributed by atoms with Gasteiger partial charge in [-0.15, -0.1) is 13.2 Å². The predicted molar refractivity (Wildman–Crippen MR) is 154 cm³/mol. The minimum absolute atomic E-state index is 0.164. The summed E-state index contributed by atoms with van der Waals surface area (Å²) in [6.45, 7) is 1.59. The van der Waals surface area contributed by atoms with E-state index in [1.54, 1.807) is 31.2 Å². The fourth-order valence-electron chi connectivity index (χ4n) is 4.33. The summed E-state index contributed by atoms with van der Waals surface area (Å²) in [5.41, 5.74) is 0.857. The standard InChI is InChI=1S/C29H22F6N6O3S/c1-17-2-12-22(28(30,31)32)23(14-17)41-25(42)15-45-27(41)38-26(43)37-19-6-3-18(4-7-19)5-13-24-36-16-40(39-24)20-8-10-21(11-9-20)44-29(33,34)35/h2-4,6-12,14,16H,5,13,15H2,1H3,(H,37,43). The Morgan fingerprint density at radius 3 is 2.38 bits per heavy atom. The Labute approximate surface area is 255 Å². The van der Waals surface area contributed by atoms with E-state index in [1.165, 1.54) is 47.4 Å². The van der Waals surface area contributed by atoms with Crippen LogP contribution in [0.5, 0.6) is 5.75 Å². The van der Waals surface area contributed by atoms with Gasteiger partial charge in [-0.25, -0.2) is 14.5 Å². The van der Waals surface area contributed by atoms with E-state index in [-0.39, 0.29) is 22.4 Å². The molecule has 3 amide bonds. The maximum absolute atomic E-state index is 13.6. The number of anilines is 2. The number of aliphatic imine (C=N–C) groups is 1. The summed E-state index contributed by atoms with van der Waals surface area (Å²) in [5.74, 6) is -0.647. The first-order chi connectivity index (χ1) is 21.2. The molecule has 0 atom stereocenters. The fourth-order valence-corrected chi connectivity index (χ4v) is 5.19. The van der Waals surface area contributed by atoms with Crippen molar-refractivity contribution in [1.29, 1.82) is 0 Å². The van der Waals surface area contributed by atoms with E-state index < -0.39 is 30.0 Å². The maximum Gasteiger partial charge on any atom is 0.573 e. The van der Waals surface area contributed by atoms with Gasteiger partial charge in [0.2, 0.25) is 5.91 Å². The molecule has 2 heterocycles. The van der Waals surface area contributed by atoms with Crippen LogP contribution in [0.15, 0.2) is 78.0 Å². The number of thioether (sulfide) groups is 1. The molecule has 1 aliphatic heterocycles. The number of amides is 3. The molecule has 1 N–H and O–H groups in total. The van der Waals surface area contributed by atoms with Crippen molar-refractivity contribution in [2.24, 2.45) is 4.99 Å². The molecule has 16 heteroatoms. The van der Waals surface area contributed by atoms with Crippen LogP contribution >= 0.6 is 11.8 Å². The summed E-state index contributed by atoms with van der Waals surface area (Å²) in [5, 5.41) is 6.73. The fraction of sp³-hybridized carbons (Fsp3) is 0.207. The number of rotatable bonds is 7. The van der Waals surface area contributed by atoms with E-state index in [0.717, 1.165) is 28.3 Å². The summed E-state index contributed by atoms with van der Waals surface area (Å²) >= 11 is 0.865. The van der Waals surface area contributed by atoms with Gasteiger partial charge < -0.3 is 10.1 Å². The number of urea groups is 1. The number of aryl methyl sites for hydroxylation is 3. The average Bonchev–Trinajstić information content (AvgIpc) is 3.58. The Bertz CT molecular complexity index is 1740. The van der Waals surface area contributed by atoms with Crippen LogP contribution < -0.4 is 15.0 Å². The zero-order chi connectivity index (χ0) is 32.4. The number of hydrogen-bond donors (Lipinski definition) is 1. The third-order valence-corrected chi connectivity index (χ3v) is 7.30. The molecule has 4 aromatic rings. The van der Waals surface area contributed by atoms with E-state index in [9.17, 15) is 35.9 Å². The molecule has 234 valence electrons. The highest BCUT2D eigenvalue weighted by Gasteiger charge is 2.40. The van der Waals surface area contributed by atoms with Gasteiger partial charge in [-0.3, -0.25) is 9.69 Å². The lowest BCUT2D eigenvalue weighted by molar-refractivity contribution is -0.274. The van der Waals surface area contributed by atoms with E-state index in [1.807, 2.05) is 0 Å². The molecule has 3 aromatic carbocycles. The topological polar surface area (TPSA) is 102 Å². The number of amidine groups is 1. The Balaban J connectivity index is 1.19. The highest BCUT2D eigenvalue weighted by atomic mass is 32.2. The zero-order valence-corrected chi connectivity index (χ0v) is 24.0. The number of halogens is 6. The lowest BCUT2D eigenvalue weighted by atomic mass is 10.1. The molecule has 1 fully saturated rings. The van der Waals surface area contributed by atoms with Crippen molar-refractivity contribution in [1.82, 2.24) is 14.8 Å². The van der Waals surface area contributed by atoms with Crippen molar-refractivity contribution in [2.45, 2.75) is 32.3 Å². The summed E-state index contributed by atoms with van der Waals surface area (Å²) in [4.78, 5) is 34.1. The quantitative estimate of drug-likeness (QED) is 0.218. The van der Waals surface area contributed by atoms with Crippen molar-refractivity contribution in [2.75, 3.05) is 16.0 Å². The van der Waals surface area contributed by atoms with E-state index in [2.05, 4.69) is 25.1 Å². The molecule has 0 aliphatic carbocycles. The van der Waals surface area contributed by atoms with Crippen LogP contribution in [0, 0.1) is 6.92 Å². The first-order valence-electron chi connectivity index (χ1n) is 13.1. The van der Waals surface area contributed by atoms with Crippen molar-refractivity contribution in [3.63, 3.8) is 0 Å². The molecule has 45 heavy (non-hydrogen) atoms. The summed E-state index contributed by atoms with van der Waals surface area (Å²) in [6.07, 6.45) is -7.08. The van der Waals surface area contributed by atoms with Gasteiger partial charge in [-0.2, -0.15) is 23.3 Å². The molecular weight excluding hydrogens is 626 g/mol. The number of alkyl halides is 6. The van der Waals surface area contributed by atoms with Gasteiger partial charge in [0, 0.05) is 12.1 Å². The van der Waals surface area contributed by atoms with Crippen LogP contribution in [0.1, 0.15) is 22.5 Å². The minimum atomic E-state index is -4.78. The second-order valence-corrected chi connectivity index (χ2v) is 10.6. The lowest BCUT2D eigenvalue weighted by Gasteiger charge is -2.21. The number of nitrogens with one attached hydrogen (secondary N) is 1. The monoisotopic (exact) mass is 648 g/mol. The highest BCUT2D eigenvalue weighted by molar-refractivity contribution is 8.15. The van der Waals surface area contributed by atoms with Gasteiger partial charge in [0.1, 0.15) is 12.1 Å². The molecule has 1 saturated heterocycles. The van der Waals surface area contributed by atoms with Gasteiger partial charge in [-0.1, -0.05) is 30.0 Å². The van der Waals surface area contributed by atoms with Crippen LogP contribution in [0.3, 0.4) is 0 Å². The molecule has 0 saturated carbocycles. The SMILES string of the molecule is Cc1ccc(C(F)(F)F)c(N2C(=O)CSC2=NC(=O)Nc2ccc(CCc3ncn(-c4ccc(OC(F)(F)F)cc4)n3)cc2)c1. The highest BCUT2D eigenvalue weighted by Crippen LogP contribution is 2.40. The Morgan fingerprint density at radius 1 is 1.00 bits per heavy atom. The third-order valence-electron chi connectivity index (χ3n) is 6.38. The predicted octanol–water partition coefficient (Wildman–Crippen LogP) is 6.95. The van der Waals surface area contributed by atoms with Crippen LogP contribution in [0.2, 0.25) is 0 Å². The first kappa shape index (κ1) is 31.6.